The Labute approximate surface area is 143 Å². The summed E-state index contributed by atoms with van der Waals surface area (Å²) in [5.74, 6) is -3.04. The number of rotatable bonds is 6. The molecule has 0 atom stereocenters. The predicted octanol–water partition coefficient (Wildman–Crippen LogP) is 2.13. The van der Waals surface area contributed by atoms with Crippen LogP contribution >= 0.6 is 0 Å². The number of hydrogen-bond donors (Lipinski definition) is 2. The van der Waals surface area contributed by atoms with Crippen LogP contribution in [0.25, 0.3) is 17.1 Å². The smallest absolute Gasteiger partial charge is 0.338 e. The number of nitrogens with zero attached hydrogens (tertiary/aromatic N) is 3. The maximum absolute atomic E-state index is 11.8. The summed E-state index contributed by atoms with van der Waals surface area (Å²) in [5.41, 5.74) is -0.371. The van der Waals surface area contributed by atoms with Crippen molar-refractivity contribution in [3.05, 3.63) is 41.9 Å². The molecule has 130 valence electrons. The van der Waals surface area contributed by atoms with E-state index in [1.54, 1.807) is 38.2 Å². The van der Waals surface area contributed by atoms with Gasteiger partial charge in [-0.2, -0.15) is 0 Å². The topological polar surface area (TPSA) is 123 Å². The van der Waals surface area contributed by atoms with E-state index < -0.39 is 23.4 Å². The highest BCUT2D eigenvalue weighted by Crippen LogP contribution is 2.31. The molecule has 0 unspecified atom stereocenters. The van der Waals surface area contributed by atoms with Gasteiger partial charge in [0.1, 0.15) is 11.4 Å². The van der Waals surface area contributed by atoms with Gasteiger partial charge in [-0.15, -0.1) is 0 Å². The van der Waals surface area contributed by atoms with Crippen LogP contribution in [0.5, 0.6) is 5.75 Å². The summed E-state index contributed by atoms with van der Waals surface area (Å²) >= 11 is 0. The highest BCUT2D eigenvalue weighted by atomic mass is 16.5. The maximum atomic E-state index is 11.8. The number of carboxylic acid groups (broad SMARTS) is 2. The van der Waals surface area contributed by atoms with Crippen molar-refractivity contribution < 1.29 is 24.5 Å². The molecule has 0 aliphatic carbocycles. The van der Waals surface area contributed by atoms with Gasteiger partial charge in [-0.1, -0.05) is 19.9 Å². The summed E-state index contributed by atoms with van der Waals surface area (Å²) in [6.07, 6.45) is 2.85. The third kappa shape index (κ3) is 3.79. The van der Waals surface area contributed by atoms with E-state index in [1.807, 2.05) is 0 Å². The van der Waals surface area contributed by atoms with Gasteiger partial charge in [0.15, 0.2) is 11.6 Å². The summed E-state index contributed by atoms with van der Waals surface area (Å²) in [4.78, 5) is 35.9. The fourth-order valence-electron chi connectivity index (χ4n) is 2.30. The molecule has 8 nitrogen and oxygen atoms in total. The lowest BCUT2D eigenvalue weighted by molar-refractivity contribution is -0.134. The molecule has 0 amide bonds. The number of ether oxygens (including phenoxy) is 1. The largest absolute Gasteiger partial charge is 0.493 e. The minimum atomic E-state index is -1.41. The van der Waals surface area contributed by atoms with Crippen LogP contribution in [0.1, 0.15) is 19.5 Å². The van der Waals surface area contributed by atoms with Gasteiger partial charge < -0.3 is 14.9 Å². The van der Waals surface area contributed by atoms with Gasteiger partial charge in [-0.3, -0.25) is 4.98 Å². The van der Waals surface area contributed by atoms with Crippen LogP contribution < -0.4 is 4.74 Å². The van der Waals surface area contributed by atoms with E-state index in [2.05, 4.69) is 15.0 Å². The van der Waals surface area contributed by atoms with Gasteiger partial charge in [0.25, 0.3) is 0 Å². The first kappa shape index (κ1) is 18.1. The fraction of sp³-hybridized carbons (Fsp3) is 0.235. The Morgan fingerprint density at radius 1 is 1.12 bits per heavy atom. The predicted molar refractivity (Wildman–Crippen MR) is 88.8 cm³/mol. The molecule has 2 heterocycles. The van der Waals surface area contributed by atoms with Crippen LogP contribution in [0.3, 0.4) is 0 Å². The Morgan fingerprint density at radius 3 is 2.32 bits per heavy atom. The second kappa shape index (κ2) is 7.52. The lowest BCUT2D eigenvalue weighted by Crippen LogP contribution is -2.16. The zero-order chi connectivity index (χ0) is 18.6. The third-order valence-electron chi connectivity index (χ3n) is 3.40. The molecule has 25 heavy (non-hydrogen) atoms. The molecule has 0 spiro atoms. The van der Waals surface area contributed by atoms with Gasteiger partial charge in [0, 0.05) is 6.20 Å². The normalized spacial score (nSPS) is 11.8. The molecule has 0 aliphatic heterocycles. The molecule has 2 aromatic heterocycles. The third-order valence-corrected chi connectivity index (χ3v) is 3.40. The van der Waals surface area contributed by atoms with Gasteiger partial charge in [0.05, 0.1) is 24.5 Å². The van der Waals surface area contributed by atoms with E-state index in [-0.39, 0.29) is 22.8 Å². The fourth-order valence-corrected chi connectivity index (χ4v) is 2.30. The van der Waals surface area contributed by atoms with Gasteiger partial charge >= 0.3 is 11.9 Å². The van der Waals surface area contributed by atoms with Crippen LogP contribution in [0.2, 0.25) is 0 Å². The lowest BCUT2D eigenvalue weighted by atomic mass is 9.94. The van der Waals surface area contributed by atoms with Crippen molar-refractivity contribution in [3.8, 4) is 17.3 Å². The number of aromatic nitrogens is 3. The molecule has 2 rings (SSSR count). The maximum Gasteiger partial charge on any atom is 0.338 e. The standard InChI is InChI=1S/C17H17N3O5/c1-9(2)12(16(21)22)13(17(23)24)14-11(25-3)8-19-15(20-14)10-6-4-5-7-18-10/h4-9H,1-3H3,(H,21,22)(H,23,24)/b13-12-. The van der Waals surface area contributed by atoms with Crippen LogP contribution in [-0.2, 0) is 9.59 Å². The highest BCUT2D eigenvalue weighted by Gasteiger charge is 2.28. The Kier molecular flexibility index (Phi) is 5.43. The van der Waals surface area contributed by atoms with E-state index in [1.165, 1.54) is 13.3 Å². The number of carboxylic acids is 2. The van der Waals surface area contributed by atoms with Crippen molar-refractivity contribution in [1.29, 1.82) is 0 Å². The first-order valence-electron chi connectivity index (χ1n) is 7.40. The number of hydrogen-bond acceptors (Lipinski definition) is 6. The monoisotopic (exact) mass is 343 g/mol. The average molecular weight is 343 g/mol. The minimum Gasteiger partial charge on any atom is -0.493 e. The van der Waals surface area contributed by atoms with Crippen molar-refractivity contribution >= 4 is 17.5 Å². The lowest BCUT2D eigenvalue weighted by Gasteiger charge is -2.14. The van der Waals surface area contributed by atoms with E-state index >= 15 is 0 Å². The molecular weight excluding hydrogens is 326 g/mol. The second-order valence-corrected chi connectivity index (χ2v) is 5.38. The summed E-state index contributed by atoms with van der Waals surface area (Å²) in [6.45, 7) is 3.19. The van der Waals surface area contributed by atoms with Crippen LogP contribution in [-0.4, -0.2) is 44.2 Å². The molecule has 0 aliphatic rings. The first-order valence-corrected chi connectivity index (χ1v) is 7.40. The van der Waals surface area contributed by atoms with E-state index in [0.717, 1.165) is 0 Å². The zero-order valence-corrected chi connectivity index (χ0v) is 13.9. The van der Waals surface area contributed by atoms with Crippen molar-refractivity contribution in [2.75, 3.05) is 7.11 Å². The van der Waals surface area contributed by atoms with Crippen LogP contribution in [0.15, 0.2) is 36.2 Å². The number of carbonyl (C=O) groups is 2. The molecule has 0 bridgehead atoms. The summed E-state index contributed by atoms with van der Waals surface area (Å²) < 4.78 is 5.14. The molecule has 0 saturated carbocycles. The van der Waals surface area contributed by atoms with Crippen molar-refractivity contribution in [2.45, 2.75) is 13.8 Å². The summed E-state index contributed by atoms with van der Waals surface area (Å²) in [5, 5.41) is 19.1. The Hall–Kier alpha value is -3.29. The van der Waals surface area contributed by atoms with Crippen LogP contribution in [0, 0.1) is 5.92 Å². The van der Waals surface area contributed by atoms with E-state index in [0.29, 0.717) is 5.69 Å². The molecule has 0 saturated heterocycles. The van der Waals surface area contributed by atoms with Gasteiger partial charge in [-0.25, -0.2) is 19.6 Å². The average Bonchev–Trinajstić information content (AvgIpc) is 2.58. The van der Waals surface area contributed by atoms with Crippen molar-refractivity contribution in [2.24, 2.45) is 5.92 Å². The molecule has 0 radical (unpaired) electrons. The quantitative estimate of drug-likeness (QED) is 0.765. The zero-order valence-electron chi connectivity index (χ0n) is 13.9. The highest BCUT2D eigenvalue weighted by molar-refractivity contribution is 6.22. The summed E-state index contributed by atoms with van der Waals surface area (Å²) in [7, 11) is 1.33. The first-order chi connectivity index (χ1) is 11.9. The van der Waals surface area contributed by atoms with Crippen molar-refractivity contribution in [1.82, 2.24) is 15.0 Å². The molecule has 2 aromatic rings. The van der Waals surface area contributed by atoms with Gasteiger partial charge in [-0.05, 0) is 18.1 Å². The molecular formula is C17H17N3O5. The Bertz CT molecular complexity index is 831. The molecule has 8 heteroatoms. The number of aliphatic carboxylic acids is 2. The van der Waals surface area contributed by atoms with Gasteiger partial charge in [0.2, 0.25) is 0 Å². The molecule has 0 aromatic carbocycles. The van der Waals surface area contributed by atoms with Crippen molar-refractivity contribution in [3.63, 3.8) is 0 Å². The summed E-state index contributed by atoms with van der Waals surface area (Å²) in [6, 6.07) is 5.12. The Morgan fingerprint density at radius 2 is 1.84 bits per heavy atom. The molecule has 0 fully saturated rings. The molecule has 2 N–H and O–H groups in total. The van der Waals surface area contributed by atoms with E-state index in [9.17, 15) is 19.8 Å². The second-order valence-electron chi connectivity index (χ2n) is 5.38. The Balaban J connectivity index is 2.79. The number of methoxy groups -OCH3 is 1. The minimum absolute atomic E-state index is 0.0662. The van der Waals surface area contributed by atoms with E-state index in [4.69, 9.17) is 4.74 Å². The SMILES string of the molecule is COc1cnc(-c2ccccn2)nc1/C(C(=O)O)=C(/C(=O)O)C(C)C. The van der Waals surface area contributed by atoms with Crippen LogP contribution in [0.4, 0.5) is 0 Å². The number of pyridine rings is 1.